The Labute approximate surface area is 281 Å². The van der Waals surface area contributed by atoms with Gasteiger partial charge in [0.2, 0.25) is 5.91 Å². The monoisotopic (exact) mass is 692 g/mol. The number of fused-ring (bicyclic) bond motifs is 1. The van der Waals surface area contributed by atoms with Gasteiger partial charge in [0.05, 0.1) is 22.6 Å². The molecule has 1 amide bonds. The number of pyridine rings is 2. The van der Waals surface area contributed by atoms with E-state index in [2.05, 4.69) is 21.5 Å². The zero-order chi connectivity index (χ0) is 35.4. The topological polar surface area (TPSA) is 145 Å². The molecule has 2 fully saturated rings. The van der Waals surface area contributed by atoms with Crippen LogP contribution in [0.4, 0.5) is 14.6 Å². The highest BCUT2D eigenvalue weighted by atomic mass is 32.2. The van der Waals surface area contributed by atoms with Gasteiger partial charge in [0.15, 0.2) is 21.3 Å². The van der Waals surface area contributed by atoms with E-state index in [1.165, 1.54) is 24.4 Å². The molecule has 6 rings (SSSR count). The molecule has 49 heavy (non-hydrogen) atoms. The Balaban J connectivity index is 1.67. The molecule has 256 valence electrons. The lowest BCUT2D eigenvalue weighted by Crippen LogP contribution is -2.54. The number of amides is 1. The van der Waals surface area contributed by atoms with E-state index in [0.717, 1.165) is 29.2 Å². The van der Waals surface area contributed by atoms with E-state index in [4.69, 9.17) is 4.74 Å². The Bertz CT molecular complexity index is 2200. The highest BCUT2D eigenvalue weighted by molar-refractivity contribution is 7.90. The van der Waals surface area contributed by atoms with Crippen molar-refractivity contribution in [3.05, 3.63) is 77.0 Å². The number of carbonyl (C=O) groups excluding carboxylic acids is 2. The summed E-state index contributed by atoms with van der Waals surface area (Å²) in [5.74, 6) is -3.71. The van der Waals surface area contributed by atoms with E-state index in [1.54, 1.807) is 30.6 Å². The lowest BCUT2D eigenvalue weighted by atomic mass is 10.0. The third-order valence-corrected chi connectivity index (χ3v) is 9.78. The van der Waals surface area contributed by atoms with Gasteiger partial charge in [0.1, 0.15) is 28.0 Å². The van der Waals surface area contributed by atoms with Crippen LogP contribution in [0, 0.1) is 17.6 Å². The number of nitrogens with zero attached hydrogens (tertiary/aromatic N) is 6. The fourth-order valence-corrected chi connectivity index (χ4v) is 6.83. The number of sulfone groups is 1. The van der Waals surface area contributed by atoms with Gasteiger partial charge in [-0.1, -0.05) is 26.5 Å². The average molecular weight is 693 g/mol. The van der Waals surface area contributed by atoms with Crippen LogP contribution in [0.2, 0.25) is 0 Å². The molecule has 1 saturated carbocycles. The van der Waals surface area contributed by atoms with Crippen LogP contribution in [0.3, 0.4) is 0 Å². The van der Waals surface area contributed by atoms with Crippen LogP contribution < -0.4 is 15.3 Å². The first-order valence-corrected chi connectivity index (χ1v) is 17.6. The molecular formula is C34H34F2N6O6S. The van der Waals surface area contributed by atoms with Crippen molar-refractivity contribution in [1.82, 2.24) is 24.4 Å². The minimum atomic E-state index is -4.00. The largest absolute Gasteiger partial charge is 0.425 e. The number of ether oxygens (including phenoxy) is 1. The number of rotatable bonds is 8. The summed E-state index contributed by atoms with van der Waals surface area (Å²) in [5.41, 5.74) is -1.87. The van der Waals surface area contributed by atoms with Crippen molar-refractivity contribution in [3.8, 4) is 22.7 Å². The van der Waals surface area contributed by atoms with Crippen LogP contribution in [-0.2, 0) is 19.4 Å². The second-order valence-corrected chi connectivity index (χ2v) is 14.6. The quantitative estimate of drug-likeness (QED) is 0.150. The second kappa shape index (κ2) is 12.8. The SMILES string of the molecule is C=CC(=O)N1CCN(c2nc(=O)n(-c3c(C(C)C)cncc3S(C)(=O)=O)c3nc(-c4c(F)cccc4OC(=O)C4CC4)c(F)cc23)[C@@H](C)C1. The Morgan fingerprint density at radius 2 is 1.84 bits per heavy atom. The summed E-state index contributed by atoms with van der Waals surface area (Å²) < 4.78 is 64.7. The number of hydrogen-bond acceptors (Lipinski definition) is 10. The molecule has 4 aromatic rings. The third kappa shape index (κ3) is 6.30. The molecule has 0 unspecified atom stereocenters. The number of halogens is 2. The number of carbonyl (C=O) groups is 2. The zero-order valence-electron chi connectivity index (χ0n) is 27.3. The number of hydrogen-bond donors (Lipinski definition) is 0. The lowest BCUT2D eigenvalue weighted by Gasteiger charge is -2.40. The van der Waals surface area contributed by atoms with Crippen LogP contribution in [0.25, 0.3) is 28.0 Å². The summed E-state index contributed by atoms with van der Waals surface area (Å²) in [7, 11) is -4.00. The normalized spacial score (nSPS) is 16.7. The molecule has 2 aliphatic rings. The van der Waals surface area contributed by atoms with Gasteiger partial charge in [0.25, 0.3) is 0 Å². The molecule has 1 saturated heterocycles. The van der Waals surface area contributed by atoms with E-state index >= 15 is 8.78 Å². The van der Waals surface area contributed by atoms with E-state index in [0.29, 0.717) is 18.4 Å². The van der Waals surface area contributed by atoms with Crippen molar-refractivity contribution in [3.63, 3.8) is 0 Å². The van der Waals surface area contributed by atoms with E-state index in [9.17, 15) is 22.8 Å². The van der Waals surface area contributed by atoms with Crippen molar-refractivity contribution in [1.29, 1.82) is 0 Å². The summed E-state index contributed by atoms with van der Waals surface area (Å²) in [5, 5.41) is 0.0232. The molecule has 0 N–H and O–H groups in total. The minimum Gasteiger partial charge on any atom is -0.425 e. The van der Waals surface area contributed by atoms with Gasteiger partial charge in [0, 0.05) is 44.3 Å². The third-order valence-electron chi connectivity index (χ3n) is 8.68. The maximum atomic E-state index is 16.4. The first kappa shape index (κ1) is 33.8. The summed E-state index contributed by atoms with van der Waals surface area (Å²) in [6.45, 7) is 9.63. The van der Waals surface area contributed by atoms with Crippen molar-refractivity contribution < 1.29 is 31.5 Å². The number of esters is 1. The molecule has 12 nitrogen and oxygen atoms in total. The van der Waals surface area contributed by atoms with Crippen LogP contribution >= 0.6 is 0 Å². The fraction of sp³-hybridized carbons (Fsp3) is 0.353. The Morgan fingerprint density at radius 3 is 2.47 bits per heavy atom. The number of aromatic nitrogens is 4. The smallest absolute Gasteiger partial charge is 0.355 e. The highest BCUT2D eigenvalue weighted by Crippen LogP contribution is 2.39. The molecule has 15 heteroatoms. The number of anilines is 1. The van der Waals surface area contributed by atoms with Gasteiger partial charge in [-0.2, -0.15) is 4.98 Å². The number of piperazine rings is 1. The first-order valence-electron chi connectivity index (χ1n) is 15.7. The van der Waals surface area contributed by atoms with Gasteiger partial charge in [-0.3, -0.25) is 14.6 Å². The number of benzene rings is 1. The van der Waals surface area contributed by atoms with Gasteiger partial charge in [-0.25, -0.2) is 31.5 Å². The summed E-state index contributed by atoms with van der Waals surface area (Å²) in [4.78, 5) is 55.2. The van der Waals surface area contributed by atoms with E-state index < -0.39 is 50.4 Å². The summed E-state index contributed by atoms with van der Waals surface area (Å²) >= 11 is 0. The molecule has 1 aliphatic heterocycles. The zero-order valence-corrected chi connectivity index (χ0v) is 28.1. The van der Waals surface area contributed by atoms with Crippen molar-refractivity contribution in [2.24, 2.45) is 5.92 Å². The van der Waals surface area contributed by atoms with Crippen LogP contribution in [-0.4, -0.2) is 76.6 Å². The minimum absolute atomic E-state index is 0.0232. The highest BCUT2D eigenvalue weighted by Gasteiger charge is 2.34. The van der Waals surface area contributed by atoms with Gasteiger partial charge >= 0.3 is 11.7 Å². The molecule has 1 aliphatic carbocycles. The Kier molecular flexibility index (Phi) is 8.81. The van der Waals surface area contributed by atoms with Gasteiger partial charge in [-0.05, 0) is 55.5 Å². The Hall–Kier alpha value is -5.05. The van der Waals surface area contributed by atoms with Crippen molar-refractivity contribution >= 4 is 38.6 Å². The van der Waals surface area contributed by atoms with Crippen molar-refractivity contribution in [2.45, 2.75) is 50.5 Å². The molecule has 0 bridgehead atoms. The molecule has 3 aromatic heterocycles. The molecule has 1 aromatic carbocycles. The molecule has 0 radical (unpaired) electrons. The standard InChI is InChI=1S/C34H34F2N6O6S/c1-6-27(43)40-12-13-41(19(4)17-40)31-21-14-24(36)29(28-23(35)8-7-9-25(28)48-33(44)20-10-11-20)38-32(21)42(34(45)39-31)30-22(18(2)3)15-37-16-26(30)49(5,46)47/h6-9,14-16,18-20H,1,10-13,17H2,2-5H3/t19-/m0/s1. The van der Waals surface area contributed by atoms with Gasteiger partial charge in [-0.15, -0.1) is 0 Å². The predicted molar refractivity (Wildman–Crippen MR) is 177 cm³/mol. The summed E-state index contributed by atoms with van der Waals surface area (Å²) in [6, 6.07) is 4.35. The molecule has 0 spiro atoms. The average Bonchev–Trinajstić information content (AvgIpc) is 3.90. The first-order chi connectivity index (χ1) is 23.2. The van der Waals surface area contributed by atoms with Crippen molar-refractivity contribution in [2.75, 3.05) is 30.8 Å². The van der Waals surface area contributed by atoms with E-state index in [1.807, 2.05) is 0 Å². The van der Waals surface area contributed by atoms with Crippen LogP contribution in [0.1, 0.15) is 45.1 Å². The lowest BCUT2D eigenvalue weighted by molar-refractivity contribution is -0.135. The fourth-order valence-electron chi connectivity index (χ4n) is 6.02. The van der Waals surface area contributed by atoms with Crippen LogP contribution in [0.5, 0.6) is 5.75 Å². The van der Waals surface area contributed by atoms with E-state index in [-0.39, 0.29) is 70.6 Å². The molecular weight excluding hydrogens is 658 g/mol. The predicted octanol–water partition coefficient (Wildman–Crippen LogP) is 4.19. The molecule has 1 atom stereocenters. The molecule has 4 heterocycles. The van der Waals surface area contributed by atoms with Crippen LogP contribution in [0.15, 0.2) is 59.0 Å². The Morgan fingerprint density at radius 1 is 1.10 bits per heavy atom. The summed E-state index contributed by atoms with van der Waals surface area (Å²) in [6.07, 6.45) is 5.95. The second-order valence-electron chi connectivity index (χ2n) is 12.6. The van der Waals surface area contributed by atoms with Gasteiger partial charge < -0.3 is 14.5 Å². The maximum Gasteiger partial charge on any atom is 0.355 e. The maximum absolute atomic E-state index is 16.4.